The van der Waals surface area contributed by atoms with E-state index in [-0.39, 0.29) is 11.9 Å². The molecule has 2 aromatic heterocycles. The van der Waals surface area contributed by atoms with Crippen molar-refractivity contribution in [1.82, 2.24) is 15.2 Å². The lowest BCUT2D eigenvalue weighted by atomic mass is 10.1. The summed E-state index contributed by atoms with van der Waals surface area (Å²) in [5.74, 6) is -0.0688. The third-order valence-corrected chi connectivity index (χ3v) is 5.47. The SMILES string of the molecule is CNc1nc(C(=O)NC2CCCN(Cc3cccs3)C2)cs1. The fourth-order valence-corrected chi connectivity index (χ4v) is 4.09. The van der Waals surface area contributed by atoms with E-state index >= 15 is 0 Å². The van der Waals surface area contributed by atoms with Crippen molar-refractivity contribution in [2.45, 2.75) is 25.4 Å². The summed E-state index contributed by atoms with van der Waals surface area (Å²) in [5.41, 5.74) is 0.504. The van der Waals surface area contributed by atoms with E-state index < -0.39 is 0 Å². The quantitative estimate of drug-likeness (QED) is 0.881. The summed E-state index contributed by atoms with van der Waals surface area (Å²) >= 11 is 3.24. The minimum absolute atomic E-state index is 0.0688. The van der Waals surface area contributed by atoms with Gasteiger partial charge in [-0.15, -0.1) is 22.7 Å². The molecule has 0 radical (unpaired) electrons. The number of piperidine rings is 1. The Hall–Kier alpha value is -1.44. The van der Waals surface area contributed by atoms with Crippen molar-refractivity contribution in [3.8, 4) is 0 Å². The first-order chi connectivity index (χ1) is 10.7. The summed E-state index contributed by atoms with van der Waals surface area (Å²) in [6, 6.07) is 4.47. The van der Waals surface area contributed by atoms with Gasteiger partial charge < -0.3 is 10.6 Å². The molecule has 0 aromatic carbocycles. The van der Waals surface area contributed by atoms with Crippen LogP contribution in [0.15, 0.2) is 22.9 Å². The molecule has 2 N–H and O–H groups in total. The first-order valence-electron chi connectivity index (χ1n) is 7.43. The number of nitrogens with zero attached hydrogens (tertiary/aromatic N) is 2. The number of carbonyl (C=O) groups excluding carboxylic acids is 1. The molecule has 2 aromatic rings. The molecule has 118 valence electrons. The van der Waals surface area contributed by atoms with Crippen molar-refractivity contribution in [3.63, 3.8) is 0 Å². The Kier molecular flexibility index (Phi) is 5.07. The average Bonchev–Trinajstić information content (AvgIpc) is 3.18. The number of anilines is 1. The molecule has 0 saturated carbocycles. The number of likely N-dealkylation sites (tertiary alicyclic amines) is 1. The highest BCUT2D eigenvalue weighted by molar-refractivity contribution is 7.13. The molecule has 1 atom stereocenters. The summed E-state index contributed by atoms with van der Waals surface area (Å²) < 4.78 is 0. The van der Waals surface area contributed by atoms with E-state index in [0.29, 0.717) is 5.69 Å². The normalized spacial score (nSPS) is 19.0. The van der Waals surface area contributed by atoms with Crippen molar-refractivity contribution in [2.75, 3.05) is 25.5 Å². The van der Waals surface area contributed by atoms with E-state index in [1.165, 1.54) is 16.2 Å². The van der Waals surface area contributed by atoms with Crippen LogP contribution in [-0.4, -0.2) is 42.0 Å². The average molecular weight is 336 g/mol. The summed E-state index contributed by atoms with van der Waals surface area (Å²) in [7, 11) is 1.81. The predicted octanol–water partition coefficient (Wildman–Crippen LogP) is 2.64. The highest BCUT2D eigenvalue weighted by atomic mass is 32.1. The molecule has 1 unspecified atom stereocenters. The lowest BCUT2D eigenvalue weighted by Gasteiger charge is -2.32. The van der Waals surface area contributed by atoms with Crippen molar-refractivity contribution in [2.24, 2.45) is 0 Å². The largest absolute Gasteiger partial charge is 0.365 e. The number of amides is 1. The monoisotopic (exact) mass is 336 g/mol. The fourth-order valence-electron chi connectivity index (χ4n) is 2.69. The van der Waals surface area contributed by atoms with Gasteiger partial charge in [0.15, 0.2) is 5.13 Å². The molecule has 0 spiro atoms. The van der Waals surface area contributed by atoms with Crippen LogP contribution in [0.25, 0.3) is 0 Å². The van der Waals surface area contributed by atoms with Crippen molar-refractivity contribution in [3.05, 3.63) is 33.5 Å². The second-order valence-corrected chi connectivity index (χ2v) is 7.31. The van der Waals surface area contributed by atoms with Crippen LogP contribution in [0.4, 0.5) is 5.13 Å². The van der Waals surface area contributed by atoms with Gasteiger partial charge >= 0.3 is 0 Å². The molecule has 3 heterocycles. The Morgan fingerprint density at radius 2 is 2.41 bits per heavy atom. The van der Waals surface area contributed by atoms with E-state index in [0.717, 1.165) is 37.6 Å². The van der Waals surface area contributed by atoms with E-state index in [4.69, 9.17) is 0 Å². The number of thiazole rings is 1. The maximum Gasteiger partial charge on any atom is 0.271 e. The first kappa shape index (κ1) is 15.5. The van der Waals surface area contributed by atoms with E-state index in [2.05, 4.69) is 38.0 Å². The standard InChI is InChI=1S/C15H20N4OS2/c1-16-15-18-13(10-22-15)14(20)17-11-4-2-6-19(8-11)9-12-5-3-7-21-12/h3,5,7,10-11H,2,4,6,8-9H2,1H3,(H,16,18)(H,17,20). The first-order valence-corrected chi connectivity index (χ1v) is 9.19. The Morgan fingerprint density at radius 1 is 1.50 bits per heavy atom. The van der Waals surface area contributed by atoms with Gasteiger partial charge in [0.05, 0.1) is 0 Å². The number of carbonyl (C=O) groups is 1. The Bertz CT molecular complexity index is 611. The van der Waals surface area contributed by atoms with Gasteiger partial charge in [0.25, 0.3) is 5.91 Å². The van der Waals surface area contributed by atoms with Crippen LogP contribution in [0.5, 0.6) is 0 Å². The zero-order chi connectivity index (χ0) is 15.4. The van der Waals surface area contributed by atoms with Gasteiger partial charge in [-0.3, -0.25) is 9.69 Å². The Balaban J connectivity index is 1.54. The zero-order valence-electron chi connectivity index (χ0n) is 12.5. The molecule has 1 saturated heterocycles. The van der Waals surface area contributed by atoms with Crippen LogP contribution in [0.2, 0.25) is 0 Å². The number of aromatic nitrogens is 1. The molecule has 1 fully saturated rings. The fraction of sp³-hybridized carbons (Fsp3) is 0.467. The molecule has 1 amide bonds. The lowest BCUT2D eigenvalue weighted by molar-refractivity contribution is 0.0897. The van der Waals surface area contributed by atoms with Crippen LogP contribution in [-0.2, 0) is 6.54 Å². The van der Waals surface area contributed by atoms with Gasteiger partial charge in [0.2, 0.25) is 0 Å². The van der Waals surface area contributed by atoms with Gasteiger partial charge in [0.1, 0.15) is 5.69 Å². The smallest absolute Gasteiger partial charge is 0.271 e. The molecule has 22 heavy (non-hydrogen) atoms. The van der Waals surface area contributed by atoms with Crippen molar-refractivity contribution in [1.29, 1.82) is 0 Å². The topological polar surface area (TPSA) is 57.3 Å². The summed E-state index contributed by atoms with van der Waals surface area (Å²) in [4.78, 5) is 20.3. The van der Waals surface area contributed by atoms with Gasteiger partial charge in [-0.05, 0) is 30.8 Å². The molecule has 5 nitrogen and oxygen atoms in total. The number of hydrogen-bond donors (Lipinski definition) is 2. The molecular weight excluding hydrogens is 316 g/mol. The molecule has 1 aliphatic heterocycles. The van der Waals surface area contributed by atoms with Crippen molar-refractivity contribution >= 4 is 33.7 Å². The Morgan fingerprint density at radius 3 is 3.14 bits per heavy atom. The summed E-state index contributed by atoms with van der Waals surface area (Å²) in [5, 5.41) is 10.8. The zero-order valence-corrected chi connectivity index (χ0v) is 14.2. The number of thiophene rings is 1. The molecule has 7 heteroatoms. The maximum atomic E-state index is 12.3. The Labute approximate surface area is 138 Å². The van der Waals surface area contributed by atoms with Crippen LogP contribution >= 0.6 is 22.7 Å². The third kappa shape index (κ3) is 3.85. The third-order valence-electron chi connectivity index (χ3n) is 3.75. The minimum Gasteiger partial charge on any atom is -0.365 e. The minimum atomic E-state index is -0.0688. The van der Waals surface area contributed by atoms with Gasteiger partial charge in [0, 0.05) is 36.4 Å². The molecular formula is C15H20N4OS2. The van der Waals surface area contributed by atoms with Gasteiger partial charge in [-0.1, -0.05) is 6.07 Å². The number of rotatable bonds is 5. The summed E-state index contributed by atoms with van der Waals surface area (Å²) in [6.07, 6.45) is 2.16. The highest BCUT2D eigenvalue weighted by Crippen LogP contribution is 2.18. The summed E-state index contributed by atoms with van der Waals surface area (Å²) in [6.45, 7) is 2.99. The molecule has 0 aliphatic carbocycles. The van der Waals surface area contributed by atoms with E-state index in [1.807, 2.05) is 7.05 Å². The van der Waals surface area contributed by atoms with Crippen LogP contribution in [0.3, 0.4) is 0 Å². The molecule has 0 bridgehead atoms. The molecule has 1 aliphatic rings. The highest BCUT2D eigenvalue weighted by Gasteiger charge is 2.23. The van der Waals surface area contributed by atoms with Gasteiger partial charge in [-0.2, -0.15) is 0 Å². The van der Waals surface area contributed by atoms with Crippen LogP contribution < -0.4 is 10.6 Å². The number of nitrogens with one attached hydrogen (secondary N) is 2. The second-order valence-electron chi connectivity index (χ2n) is 5.41. The van der Waals surface area contributed by atoms with Crippen LogP contribution in [0, 0.1) is 0 Å². The van der Waals surface area contributed by atoms with Crippen LogP contribution in [0.1, 0.15) is 28.2 Å². The van der Waals surface area contributed by atoms with Crippen molar-refractivity contribution < 1.29 is 4.79 Å². The van der Waals surface area contributed by atoms with Gasteiger partial charge in [-0.25, -0.2) is 4.98 Å². The number of hydrogen-bond acceptors (Lipinski definition) is 6. The predicted molar refractivity (Wildman–Crippen MR) is 91.7 cm³/mol. The lowest BCUT2D eigenvalue weighted by Crippen LogP contribution is -2.47. The second kappa shape index (κ2) is 7.21. The van der Waals surface area contributed by atoms with E-state index in [9.17, 15) is 4.79 Å². The molecule has 3 rings (SSSR count). The maximum absolute atomic E-state index is 12.3. The van der Waals surface area contributed by atoms with E-state index in [1.54, 1.807) is 16.7 Å².